The van der Waals surface area contributed by atoms with Gasteiger partial charge in [-0.3, -0.25) is 0 Å². The van der Waals surface area contributed by atoms with Crippen molar-refractivity contribution in [3.05, 3.63) is 41.2 Å². The molecule has 0 aliphatic carbocycles. The average molecular weight is 279 g/mol. The number of phenolic OH excluding ortho intramolecular Hbond substituents is 1. The smallest absolute Gasteiger partial charge is 0.231 e. The van der Waals surface area contributed by atoms with E-state index in [-0.39, 0.29) is 12.5 Å². The summed E-state index contributed by atoms with van der Waals surface area (Å²) in [4.78, 5) is 3.97. The number of nitrogens with one attached hydrogen (secondary N) is 1. The number of hydrogen-bond donors (Lipinski definition) is 2. The van der Waals surface area contributed by atoms with Gasteiger partial charge in [0, 0.05) is 24.4 Å². The topological polar surface area (TPSA) is 63.6 Å². The number of ether oxygens (including phenoxy) is 2. The Kier molecular flexibility index (Phi) is 3.05. The average Bonchev–Trinajstić information content (AvgIpc) is 2.84. The fourth-order valence-electron chi connectivity index (χ4n) is 1.82. The molecule has 19 heavy (non-hydrogen) atoms. The van der Waals surface area contributed by atoms with E-state index >= 15 is 0 Å². The van der Waals surface area contributed by atoms with Crippen molar-refractivity contribution in [3.63, 3.8) is 0 Å². The molecule has 0 bridgehead atoms. The molecule has 2 heterocycles. The SMILES string of the molecule is Oc1cc2c(cc1CNc1cccnc1Cl)OCO2. The monoisotopic (exact) mass is 278 g/mol. The minimum atomic E-state index is 0.150. The van der Waals surface area contributed by atoms with Crippen LogP contribution in [0, 0.1) is 0 Å². The van der Waals surface area contributed by atoms with Gasteiger partial charge in [-0.05, 0) is 18.2 Å². The predicted octanol–water partition coefficient (Wildman–Crippen LogP) is 2.78. The van der Waals surface area contributed by atoms with Crippen LogP contribution >= 0.6 is 11.6 Å². The van der Waals surface area contributed by atoms with Crippen LogP contribution in [0.4, 0.5) is 5.69 Å². The van der Waals surface area contributed by atoms with Crippen LogP contribution in [0.25, 0.3) is 0 Å². The molecule has 3 rings (SSSR count). The van der Waals surface area contributed by atoms with Crippen molar-refractivity contribution >= 4 is 17.3 Å². The van der Waals surface area contributed by atoms with Gasteiger partial charge in [-0.25, -0.2) is 4.98 Å². The Morgan fingerprint density at radius 1 is 1.32 bits per heavy atom. The third-order valence-corrected chi connectivity index (χ3v) is 3.10. The van der Waals surface area contributed by atoms with Crippen LogP contribution in [0.3, 0.4) is 0 Å². The number of fused-ring (bicyclic) bond motifs is 1. The summed E-state index contributed by atoms with van der Waals surface area (Å²) in [7, 11) is 0. The zero-order valence-corrected chi connectivity index (χ0v) is 10.6. The van der Waals surface area contributed by atoms with Gasteiger partial charge in [0.05, 0.1) is 5.69 Å². The third-order valence-electron chi connectivity index (χ3n) is 2.80. The lowest BCUT2D eigenvalue weighted by molar-refractivity contribution is 0.174. The molecule has 0 unspecified atom stereocenters. The van der Waals surface area contributed by atoms with Gasteiger partial charge in [0.15, 0.2) is 16.7 Å². The van der Waals surface area contributed by atoms with Crippen LogP contribution in [0.5, 0.6) is 17.2 Å². The molecule has 2 N–H and O–H groups in total. The number of benzene rings is 1. The van der Waals surface area contributed by atoms with Crippen molar-refractivity contribution in [1.29, 1.82) is 0 Å². The van der Waals surface area contributed by atoms with Crippen molar-refractivity contribution in [3.8, 4) is 17.2 Å². The normalized spacial score (nSPS) is 12.5. The number of anilines is 1. The van der Waals surface area contributed by atoms with Crippen LogP contribution in [0.1, 0.15) is 5.56 Å². The lowest BCUT2D eigenvalue weighted by Gasteiger charge is -2.09. The van der Waals surface area contributed by atoms with Crippen molar-refractivity contribution in [2.75, 3.05) is 12.1 Å². The Morgan fingerprint density at radius 3 is 2.89 bits per heavy atom. The zero-order valence-electron chi connectivity index (χ0n) is 9.89. The first-order valence-corrected chi connectivity index (χ1v) is 6.08. The van der Waals surface area contributed by atoms with Crippen molar-refractivity contribution in [2.45, 2.75) is 6.54 Å². The molecule has 1 aliphatic heterocycles. The fraction of sp³-hybridized carbons (Fsp3) is 0.154. The van der Waals surface area contributed by atoms with E-state index in [4.69, 9.17) is 21.1 Å². The fourth-order valence-corrected chi connectivity index (χ4v) is 2.01. The van der Waals surface area contributed by atoms with E-state index in [0.717, 1.165) is 0 Å². The largest absolute Gasteiger partial charge is 0.507 e. The first-order valence-electron chi connectivity index (χ1n) is 5.70. The van der Waals surface area contributed by atoms with Crippen molar-refractivity contribution < 1.29 is 14.6 Å². The van der Waals surface area contributed by atoms with Gasteiger partial charge in [0.25, 0.3) is 0 Å². The molecule has 2 aromatic rings. The molecule has 0 atom stereocenters. The van der Waals surface area contributed by atoms with E-state index < -0.39 is 0 Å². The second kappa shape index (κ2) is 4.85. The summed E-state index contributed by atoms with van der Waals surface area (Å²) in [5, 5.41) is 13.4. The summed E-state index contributed by atoms with van der Waals surface area (Å²) in [6.07, 6.45) is 1.62. The van der Waals surface area contributed by atoms with Gasteiger partial charge in [-0.2, -0.15) is 0 Å². The molecular weight excluding hydrogens is 268 g/mol. The number of aromatic nitrogens is 1. The molecule has 5 nitrogen and oxygen atoms in total. The highest BCUT2D eigenvalue weighted by Crippen LogP contribution is 2.37. The third kappa shape index (κ3) is 2.37. The van der Waals surface area contributed by atoms with E-state index in [9.17, 15) is 5.11 Å². The maximum atomic E-state index is 9.90. The Bertz CT molecular complexity index is 619. The maximum absolute atomic E-state index is 9.90. The van der Waals surface area contributed by atoms with E-state index in [0.29, 0.717) is 34.4 Å². The number of nitrogens with zero attached hydrogens (tertiary/aromatic N) is 1. The Labute approximate surface area is 114 Å². The molecule has 6 heteroatoms. The van der Waals surface area contributed by atoms with Gasteiger partial charge in [-0.15, -0.1) is 0 Å². The highest BCUT2D eigenvalue weighted by molar-refractivity contribution is 6.31. The van der Waals surface area contributed by atoms with Crippen LogP contribution in [-0.4, -0.2) is 16.9 Å². The molecule has 0 radical (unpaired) electrons. The summed E-state index contributed by atoms with van der Waals surface area (Å²) in [5.41, 5.74) is 1.41. The standard InChI is InChI=1S/C13H11ClN2O3/c14-13-9(2-1-3-15-13)16-6-8-4-11-12(5-10(8)17)19-7-18-11/h1-5,16-17H,6-7H2. The Morgan fingerprint density at radius 2 is 2.11 bits per heavy atom. The zero-order chi connectivity index (χ0) is 13.2. The molecule has 0 saturated heterocycles. The number of rotatable bonds is 3. The second-order valence-electron chi connectivity index (χ2n) is 4.03. The summed E-state index contributed by atoms with van der Waals surface area (Å²) < 4.78 is 10.5. The Balaban J connectivity index is 1.79. The van der Waals surface area contributed by atoms with Gasteiger partial charge >= 0.3 is 0 Å². The molecule has 0 fully saturated rings. The summed E-state index contributed by atoms with van der Waals surface area (Å²) in [6.45, 7) is 0.591. The van der Waals surface area contributed by atoms with Gasteiger partial charge < -0.3 is 19.9 Å². The molecular formula is C13H11ClN2O3. The molecule has 0 saturated carbocycles. The molecule has 1 aromatic carbocycles. The minimum absolute atomic E-state index is 0.150. The minimum Gasteiger partial charge on any atom is -0.507 e. The Hall–Kier alpha value is -2.14. The number of pyridine rings is 1. The quantitative estimate of drug-likeness (QED) is 0.845. The first kappa shape index (κ1) is 11.9. The van der Waals surface area contributed by atoms with Crippen molar-refractivity contribution in [2.24, 2.45) is 0 Å². The number of aromatic hydroxyl groups is 1. The number of phenols is 1. The number of hydrogen-bond acceptors (Lipinski definition) is 5. The molecule has 1 aromatic heterocycles. The molecule has 0 spiro atoms. The lowest BCUT2D eigenvalue weighted by atomic mass is 10.1. The highest BCUT2D eigenvalue weighted by atomic mass is 35.5. The maximum Gasteiger partial charge on any atom is 0.231 e. The predicted molar refractivity (Wildman–Crippen MR) is 70.8 cm³/mol. The van der Waals surface area contributed by atoms with E-state index in [1.165, 1.54) is 0 Å². The summed E-state index contributed by atoms with van der Waals surface area (Å²) in [5.74, 6) is 1.34. The van der Waals surface area contributed by atoms with Crippen LogP contribution in [0.2, 0.25) is 5.15 Å². The van der Waals surface area contributed by atoms with E-state index in [1.807, 2.05) is 6.07 Å². The van der Waals surface area contributed by atoms with Crippen LogP contribution < -0.4 is 14.8 Å². The summed E-state index contributed by atoms with van der Waals surface area (Å²) in [6, 6.07) is 6.90. The van der Waals surface area contributed by atoms with Gasteiger partial charge in [0.2, 0.25) is 6.79 Å². The van der Waals surface area contributed by atoms with E-state index in [1.54, 1.807) is 24.4 Å². The van der Waals surface area contributed by atoms with Crippen molar-refractivity contribution in [1.82, 2.24) is 4.98 Å². The molecule has 98 valence electrons. The highest BCUT2D eigenvalue weighted by Gasteiger charge is 2.16. The summed E-state index contributed by atoms with van der Waals surface area (Å²) >= 11 is 5.94. The first-order chi connectivity index (χ1) is 9.24. The van der Waals surface area contributed by atoms with Gasteiger partial charge in [0.1, 0.15) is 5.75 Å². The lowest BCUT2D eigenvalue weighted by Crippen LogP contribution is -2.01. The number of halogens is 1. The molecule has 0 amide bonds. The second-order valence-corrected chi connectivity index (χ2v) is 4.39. The molecule has 1 aliphatic rings. The van der Waals surface area contributed by atoms with Crippen LogP contribution in [0.15, 0.2) is 30.5 Å². The van der Waals surface area contributed by atoms with E-state index in [2.05, 4.69) is 10.3 Å². The van der Waals surface area contributed by atoms with Gasteiger partial charge in [-0.1, -0.05) is 11.6 Å². The van der Waals surface area contributed by atoms with Crippen LogP contribution in [-0.2, 0) is 6.54 Å².